The molecule has 140 valence electrons. The number of ketones is 1. The summed E-state index contributed by atoms with van der Waals surface area (Å²) in [7, 11) is 0. The van der Waals surface area contributed by atoms with E-state index in [9.17, 15) is 18.4 Å². The van der Waals surface area contributed by atoms with Gasteiger partial charge < -0.3 is 14.5 Å². The number of aromatic nitrogens is 1. The highest BCUT2D eigenvalue weighted by Crippen LogP contribution is 2.25. The van der Waals surface area contributed by atoms with Crippen LogP contribution in [0.1, 0.15) is 33.3 Å². The van der Waals surface area contributed by atoms with Crippen LogP contribution in [0.4, 0.5) is 8.78 Å². The molecule has 2 aromatic carbocycles. The monoisotopic (exact) mass is 373 g/mol. The minimum Gasteiger partial charge on any atom is -0.451 e. The number of nitrogens with one attached hydrogen (secondary N) is 1. The summed E-state index contributed by atoms with van der Waals surface area (Å²) in [5.41, 5.74) is 1.72. The van der Waals surface area contributed by atoms with Gasteiger partial charge in [0.05, 0.1) is 0 Å². The van der Waals surface area contributed by atoms with Gasteiger partial charge in [0, 0.05) is 22.2 Å². The number of halogens is 2. The van der Waals surface area contributed by atoms with Crippen LogP contribution in [0.5, 0.6) is 5.75 Å². The lowest BCUT2D eigenvalue weighted by Crippen LogP contribution is -2.25. The summed E-state index contributed by atoms with van der Waals surface area (Å²) in [4.78, 5) is 28.3. The Balaban J connectivity index is 1.83. The van der Waals surface area contributed by atoms with Gasteiger partial charge in [-0.1, -0.05) is 30.3 Å². The van der Waals surface area contributed by atoms with Crippen LogP contribution in [0.3, 0.4) is 0 Å². The predicted octanol–water partition coefficient (Wildman–Crippen LogP) is 4.51. The summed E-state index contributed by atoms with van der Waals surface area (Å²) in [6, 6.07) is 12.8. The highest BCUT2D eigenvalue weighted by atomic mass is 19.3. The van der Waals surface area contributed by atoms with Gasteiger partial charge in [0.25, 0.3) is 0 Å². The second-order valence-electron chi connectivity index (χ2n) is 5.96. The molecular weight excluding hydrogens is 356 g/mol. The molecule has 0 saturated carbocycles. The second kappa shape index (κ2) is 7.57. The van der Waals surface area contributed by atoms with Gasteiger partial charge in [0.2, 0.25) is 5.78 Å². The summed E-state index contributed by atoms with van der Waals surface area (Å²) in [6.45, 7) is 0.123. The minimum atomic E-state index is -3.08. The first-order valence-corrected chi connectivity index (χ1v) is 8.25. The van der Waals surface area contributed by atoms with E-state index >= 15 is 0 Å². The Morgan fingerprint density at radius 2 is 1.70 bits per heavy atom. The fourth-order valence-corrected chi connectivity index (χ4v) is 2.91. The summed E-state index contributed by atoms with van der Waals surface area (Å²) in [5.74, 6) is -1.60. The Morgan fingerprint density at radius 3 is 2.44 bits per heavy atom. The Hall–Kier alpha value is -3.22. The number of rotatable bonds is 6. The number of aryl methyl sites for hydroxylation is 1. The van der Waals surface area contributed by atoms with Gasteiger partial charge in [-0.3, -0.25) is 4.79 Å². The molecule has 0 aliphatic heterocycles. The number of aromatic amines is 1. The molecule has 0 fully saturated rings. The maximum Gasteiger partial charge on any atom is 0.387 e. The van der Waals surface area contributed by atoms with Crippen molar-refractivity contribution in [2.75, 3.05) is 0 Å². The first-order chi connectivity index (χ1) is 12.9. The van der Waals surface area contributed by atoms with E-state index < -0.39 is 18.7 Å². The van der Waals surface area contributed by atoms with Gasteiger partial charge in [-0.25, -0.2) is 4.79 Å². The number of hydrogen-bond donors (Lipinski definition) is 1. The fourth-order valence-electron chi connectivity index (χ4n) is 2.91. The molecule has 0 spiro atoms. The molecule has 1 atom stereocenters. The number of ether oxygens (including phenoxy) is 2. The maximum atomic E-state index is 12.8. The van der Waals surface area contributed by atoms with Crippen LogP contribution in [-0.2, 0) is 4.74 Å². The Bertz CT molecular complexity index is 997. The van der Waals surface area contributed by atoms with Gasteiger partial charge in [0.1, 0.15) is 11.3 Å². The molecule has 0 aliphatic carbocycles. The van der Waals surface area contributed by atoms with Crippen LogP contribution in [0, 0.1) is 6.92 Å². The van der Waals surface area contributed by atoms with Crippen molar-refractivity contribution in [2.24, 2.45) is 0 Å². The lowest BCUT2D eigenvalue weighted by Gasteiger charge is -2.14. The van der Waals surface area contributed by atoms with Crippen molar-refractivity contribution in [1.82, 2.24) is 4.98 Å². The van der Waals surface area contributed by atoms with Gasteiger partial charge in [-0.05, 0) is 32.0 Å². The number of carbonyl (C=O) groups excluding carboxylic acids is 2. The molecule has 3 rings (SSSR count). The number of carbonyl (C=O) groups is 2. The topological polar surface area (TPSA) is 68.4 Å². The zero-order chi connectivity index (χ0) is 19.6. The third-order valence-electron chi connectivity index (χ3n) is 4.12. The molecule has 1 N–H and O–H groups in total. The number of hydrogen-bond acceptors (Lipinski definition) is 4. The van der Waals surface area contributed by atoms with E-state index in [4.69, 9.17) is 4.74 Å². The molecule has 27 heavy (non-hydrogen) atoms. The van der Waals surface area contributed by atoms with Crippen molar-refractivity contribution < 1.29 is 27.8 Å². The van der Waals surface area contributed by atoms with Gasteiger partial charge in [-0.2, -0.15) is 8.78 Å². The number of esters is 1. The minimum absolute atomic E-state index is 0.173. The summed E-state index contributed by atoms with van der Waals surface area (Å²) >= 11 is 0. The summed E-state index contributed by atoms with van der Waals surface area (Å²) in [6.07, 6.45) is -1.10. The van der Waals surface area contributed by atoms with Crippen molar-refractivity contribution in [3.05, 3.63) is 65.4 Å². The lowest BCUT2D eigenvalue weighted by atomic mass is 10.0. The number of alkyl halides is 2. The first-order valence-electron chi connectivity index (χ1n) is 8.25. The molecule has 0 amide bonds. The average Bonchev–Trinajstić information content (AvgIpc) is 2.96. The molecule has 1 heterocycles. The molecule has 0 radical (unpaired) electrons. The first kappa shape index (κ1) is 18.6. The third-order valence-corrected chi connectivity index (χ3v) is 4.12. The maximum absolute atomic E-state index is 12.8. The van der Waals surface area contributed by atoms with Gasteiger partial charge in [-0.15, -0.1) is 0 Å². The number of para-hydroxylation sites is 2. The quantitative estimate of drug-likeness (QED) is 0.510. The molecule has 0 saturated heterocycles. The van der Waals surface area contributed by atoms with Crippen LogP contribution in [0.2, 0.25) is 0 Å². The molecule has 7 heteroatoms. The van der Waals surface area contributed by atoms with Crippen LogP contribution < -0.4 is 4.74 Å². The van der Waals surface area contributed by atoms with Crippen LogP contribution in [-0.4, -0.2) is 29.5 Å². The van der Waals surface area contributed by atoms with Crippen LogP contribution in [0.25, 0.3) is 10.9 Å². The molecule has 5 nitrogen and oxygen atoms in total. The van der Waals surface area contributed by atoms with E-state index in [1.807, 2.05) is 12.1 Å². The van der Waals surface area contributed by atoms with E-state index in [2.05, 4.69) is 9.72 Å². The summed E-state index contributed by atoms with van der Waals surface area (Å²) < 4.78 is 34.6. The zero-order valence-corrected chi connectivity index (χ0v) is 14.7. The van der Waals surface area contributed by atoms with E-state index in [1.165, 1.54) is 31.2 Å². The normalized spacial score (nSPS) is 12.2. The van der Waals surface area contributed by atoms with E-state index in [1.54, 1.807) is 19.1 Å². The van der Waals surface area contributed by atoms with E-state index in [-0.39, 0.29) is 17.1 Å². The highest BCUT2D eigenvalue weighted by molar-refractivity contribution is 6.11. The smallest absolute Gasteiger partial charge is 0.387 e. The fraction of sp³-hybridized carbons (Fsp3) is 0.200. The largest absolute Gasteiger partial charge is 0.451 e. The number of H-pyrrole nitrogens is 1. The van der Waals surface area contributed by atoms with Crippen molar-refractivity contribution in [3.8, 4) is 5.75 Å². The van der Waals surface area contributed by atoms with Crippen molar-refractivity contribution in [2.45, 2.75) is 26.6 Å². The van der Waals surface area contributed by atoms with Crippen molar-refractivity contribution >= 4 is 22.7 Å². The number of fused-ring (bicyclic) bond motifs is 1. The molecule has 0 bridgehead atoms. The standard InChI is InChI=1S/C20H17F2NO4/c1-11-17(13-7-3-5-9-15(13)23-11)18(24)12(2)26-19(25)14-8-4-6-10-16(14)27-20(21)22/h3-10,12,20,23H,1-2H3/t12-/m1/s1. The molecule has 0 aliphatic rings. The Kier molecular flexibility index (Phi) is 5.21. The van der Waals surface area contributed by atoms with Gasteiger partial charge >= 0.3 is 12.6 Å². The number of Topliss-reactive ketones (excluding diaryl/α,β-unsaturated/α-hetero) is 1. The van der Waals surface area contributed by atoms with E-state index in [0.717, 1.165) is 10.9 Å². The average molecular weight is 373 g/mol. The highest BCUT2D eigenvalue weighted by Gasteiger charge is 2.26. The van der Waals surface area contributed by atoms with Crippen LogP contribution >= 0.6 is 0 Å². The predicted molar refractivity (Wildman–Crippen MR) is 95.3 cm³/mol. The molecule has 3 aromatic rings. The Labute approximate surface area is 153 Å². The van der Waals surface area contributed by atoms with Crippen molar-refractivity contribution in [3.63, 3.8) is 0 Å². The molecular formula is C20H17F2NO4. The molecule has 0 unspecified atom stereocenters. The van der Waals surface area contributed by atoms with E-state index in [0.29, 0.717) is 11.3 Å². The summed E-state index contributed by atoms with van der Waals surface area (Å²) in [5, 5.41) is 0.726. The zero-order valence-electron chi connectivity index (χ0n) is 14.7. The second-order valence-corrected chi connectivity index (χ2v) is 5.96. The SMILES string of the molecule is Cc1[nH]c2ccccc2c1C(=O)[C@@H](C)OC(=O)c1ccccc1OC(F)F. The number of benzene rings is 2. The lowest BCUT2D eigenvalue weighted by molar-refractivity contribution is -0.0505. The van der Waals surface area contributed by atoms with Gasteiger partial charge in [0.15, 0.2) is 6.10 Å². The van der Waals surface area contributed by atoms with Crippen LogP contribution in [0.15, 0.2) is 48.5 Å². The van der Waals surface area contributed by atoms with Crippen molar-refractivity contribution in [1.29, 1.82) is 0 Å². The third kappa shape index (κ3) is 3.81. The molecule has 1 aromatic heterocycles. The Morgan fingerprint density at radius 1 is 1.04 bits per heavy atom.